The summed E-state index contributed by atoms with van der Waals surface area (Å²) in [5.74, 6) is 1.34. The summed E-state index contributed by atoms with van der Waals surface area (Å²) in [6, 6.07) is 7.50. The number of aliphatic imine (C=N–C) groups is 1. The van der Waals surface area contributed by atoms with Crippen LogP contribution >= 0.6 is 24.0 Å². The van der Waals surface area contributed by atoms with Crippen LogP contribution in [0.2, 0.25) is 0 Å². The minimum atomic E-state index is -0.350. The van der Waals surface area contributed by atoms with Gasteiger partial charge in [0.15, 0.2) is 5.96 Å². The van der Waals surface area contributed by atoms with Crippen LogP contribution in [0, 0.1) is 0 Å². The van der Waals surface area contributed by atoms with Crippen molar-refractivity contribution in [1.29, 1.82) is 0 Å². The van der Waals surface area contributed by atoms with Crippen LogP contribution in [0.1, 0.15) is 12.5 Å². The second-order valence-electron chi connectivity index (χ2n) is 5.64. The molecule has 8 nitrogen and oxygen atoms in total. The molecule has 26 heavy (non-hydrogen) atoms. The third-order valence-corrected chi connectivity index (χ3v) is 3.80. The van der Waals surface area contributed by atoms with E-state index in [2.05, 4.69) is 15.6 Å². The molecule has 1 fully saturated rings. The van der Waals surface area contributed by atoms with Crippen molar-refractivity contribution in [1.82, 2.24) is 20.4 Å². The van der Waals surface area contributed by atoms with Crippen LogP contribution in [-0.2, 0) is 11.3 Å². The van der Waals surface area contributed by atoms with Gasteiger partial charge in [-0.15, -0.1) is 24.0 Å². The molecule has 1 aliphatic heterocycles. The lowest BCUT2D eigenvalue weighted by Gasteiger charge is -2.22. The summed E-state index contributed by atoms with van der Waals surface area (Å²) in [4.78, 5) is 30.8. The van der Waals surface area contributed by atoms with Crippen molar-refractivity contribution >= 4 is 41.9 Å². The van der Waals surface area contributed by atoms with Gasteiger partial charge in [-0.3, -0.25) is 14.7 Å². The number of benzene rings is 1. The number of rotatable bonds is 7. The van der Waals surface area contributed by atoms with Gasteiger partial charge in [-0.2, -0.15) is 0 Å². The number of nitrogens with one attached hydrogen (secondary N) is 2. The van der Waals surface area contributed by atoms with Gasteiger partial charge in [-0.25, -0.2) is 4.79 Å². The Morgan fingerprint density at radius 1 is 1.35 bits per heavy atom. The monoisotopic (exact) mass is 475 g/mol. The van der Waals surface area contributed by atoms with Crippen molar-refractivity contribution in [3.8, 4) is 5.75 Å². The van der Waals surface area contributed by atoms with Gasteiger partial charge < -0.3 is 20.3 Å². The summed E-state index contributed by atoms with van der Waals surface area (Å²) in [6.07, 6.45) is 0. The first kappa shape index (κ1) is 22.0. The van der Waals surface area contributed by atoms with Crippen LogP contribution < -0.4 is 15.4 Å². The van der Waals surface area contributed by atoms with Gasteiger partial charge in [0.25, 0.3) is 0 Å². The first-order valence-corrected chi connectivity index (χ1v) is 8.25. The Labute approximate surface area is 171 Å². The highest BCUT2D eigenvalue weighted by atomic mass is 127. The minimum absolute atomic E-state index is 0. The number of methoxy groups -OCH3 is 1. The van der Waals surface area contributed by atoms with Crippen LogP contribution in [-0.4, -0.2) is 68.0 Å². The Balaban J connectivity index is 0.00000338. The number of nitrogens with zero attached hydrogens (tertiary/aromatic N) is 3. The average Bonchev–Trinajstić information content (AvgIpc) is 2.93. The molecule has 9 heteroatoms. The molecule has 0 aromatic heterocycles. The molecular weight excluding hydrogens is 449 g/mol. The lowest BCUT2D eigenvalue weighted by atomic mass is 10.2. The van der Waals surface area contributed by atoms with Crippen molar-refractivity contribution < 1.29 is 14.3 Å². The normalized spacial score (nSPS) is 14.0. The van der Waals surface area contributed by atoms with Gasteiger partial charge in [-0.1, -0.05) is 12.1 Å². The van der Waals surface area contributed by atoms with Gasteiger partial charge >= 0.3 is 6.03 Å². The number of guanidine groups is 1. The molecule has 0 radical (unpaired) electrons. The topological polar surface area (TPSA) is 86.3 Å². The van der Waals surface area contributed by atoms with Crippen LogP contribution in [0.15, 0.2) is 29.3 Å². The van der Waals surface area contributed by atoms with E-state index in [4.69, 9.17) is 4.74 Å². The Bertz CT molecular complexity index is 620. The fraction of sp³-hybridized carbons (Fsp3) is 0.471. The zero-order chi connectivity index (χ0) is 18.2. The molecule has 3 amide bonds. The molecule has 2 rings (SSSR count). The fourth-order valence-corrected chi connectivity index (χ4v) is 2.49. The predicted molar refractivity (Wildman–Crippen MR) is 111 cm³/mol. The number of amides is 3. The van der Waals surface area contributed by atoms with E-state index >= 15 is 0 Å². The number of urea groups is 1. The Morgan fingerprint density at radius 3 is 2.58 bits per heavy atom. The number of ether oxygens (including phenoxy) is 1. The van der Waals surface area contributed by atoms with E-state index in [0.717, 1.165) is 23.8 Å². The molecule has 1 aromatic rings. The maximum Gasteiger partial charge on any atom is 0.324 e. The van der Waals surface area contributed by atoms with E-state index < -0.39 is 0 Å². The SMILES string of the molecule is CCNC(=NCCN1C(=O)CNC1=O)N(C)Cc1ccc(OC)cc1.I. The Morgan fingerprint density at radius 2 is 2.04 bits per heavy atom. The summed E-state index contributed by atoms with van der Waals surface area (Å²) in [5.41, 5.74) is 1.13. The van der Waals surface area contributed by atoms with Gasteiger partial charge in [0.1, 0.15) is 5.75 Å². The van der Waals surface area contributed by atoms with Gasteiger partial charge in [-0.05, 0) is 24.6 Å². The van der Waals surface area contributed by atoms with E-state index in [1.807, 2.05) is 43.1 Å². The van der Waals surface area contributed by atoms with E-state index in [-0.39, 0.29) is 49.0 Å². The highest BCUT2D eigenvalue weighted by molar-refractivity contribution is 14.0. The molecule has 1 heterocycles. The maximum absolute atomic E-state index is 11.6. The third kappa shape index (κ3) is 6.04. The summed E-state index contributed by atoms with van der Waals surface area (Å²) >= 11 is 0. The molecular formula is C17H26IN5O3. The van der Waals surface area contributed by atoms with E-state index in [1.165, 1.54) is 4.90 Å². The molecule has 0 aliphatic carbocycles. The molecule has 0 unspecified atom stereocenters. The van der Waals surface area contributed by atoms with Crippen molar-refractivity contribution in [3.05, 3.63) is 29.8 Å². The van der Waals surface area contributed by atoms with Crippen LogP contribution in [0.25, 0.3) is 0 Å². The third-order valence-electron chi connectivity index (χ3n) is 3.80. The Kier molecular flexibility index (Phi) is 9.17. The summed E-state index contributed by atoms with van der Waals surface area (Å²) in [7, 11) is 3.59. The largest absolute Gasteiger partial charge is 0.497 e. The molecule has 0 saturated carbocycles. The molecule has 0 spiro atoms. The standard InChI is InChI=1S/C17H25N5O3.HI/c1-4-18-16(19-9-10-22-15(23)11-20-17(22)24)21(2)12-13-5-7-14(25-3)8-6-13;/h5-8H,4,9-12H2,1-3H3,(H,18,19)(H,20,24);1H. The molecule has 1 aliphatic rings. The molecule has 2 N–H and O–H groups in total. The van der Waals surface area contributed by atoms with Crippen LogP contribution in [0.4, 0.5) is 4.79 Å². The predicted octanol–water partition coefficient (Wildman–Crippen LogP) is 1.26. The molecule has 144 valence electrons. The van der Waals surface area contributed by atoms with Crippen molar-refractivity contribution in [2.45, 2.75) is 13.5 Å². The van der Waals surface area contributed by atoms with E-state index in [1.54, 1.807) is 7.11 Å². The number of carbonyl (C=O) groups is 2. The highest BCUT2D eigenvalue weighted by Gasteiger charge is 2.27. The smallest absolute Gasteiger partial charge is 0.324 e. The zero-order valence-corrected chi connectivity index (χ0v) is 17.6. The quantitative estimate of drug-likeness (QED) is 0.269. The van der Waals surface area contributed by atoms with E-state index in [9.17, 15) is 9.59 Å². The first-order chi connectivity index (χ1) is 12.0. The summed E-state index contributed by atoms with van der Waals surface area (Å²) < 4.78 is 5.16. The lowest BCUT2D eigenvalue weighted by Crippen LogP contribution is -2.39. The van der Waals surface area contributed by atoms with Gasteiger partial charge in [0, 0.05) is 20.1 Å². The second-order valence-corrected chi connectivity index (χ2v) is 5.64. The van der Waals surface area contributed by atoms with Crippen molar-refractivity contribution in [3.63, 3.8) is 0 Å². The van der Waals surface area contributed by atoms with Crippen molar-refractivity contribution in [2.75, 3.05) is 40.3 Å². The van der Waals surface area contributed by atoms with Crippen LogP contribution in [0.3, 0.4) is 0 Å². The number of hydrogen-bond acceptors (Lipinski definition) is 4. The van der Waals surface area contributed by atoms with Gasteiger partial charge in [0.2, 0.25) is 5.91 Å². The molecule has 1 saturated heterocycles. The number of hydrogen-bond donors (Lipinski definition) is 2. The molecule has 0 atom stereocenters. The number of imide groups is 1. The molecule has 1 aromatic carbocycles. The minimum Gasteiger partial charge on any atom is -0.497 e. The van der Waals surface area contributed by atoms with E-state index in [0.29, 0.717) is 13.1 Å². The Hall–Kier alpha value is -2.04. The van der Waals surface area contributed by atoms with Crippen LogP contribution in [0.5, 0.6) is 5.75 Å². The average molecular weight is 475 g/mol. The van der Waals surface area contributed by atoms with Gasteiger partial charge in [0.05, 0.1) is 26.7 Å². The lowest BCUT2D eigenvalue weighted by molar-refractivity contribution is -0.124. The molecule has 0 bridgehead atoms. The second kappa shape index (κ2) is 10.8. The maximum atomic E-state index is 11.6. The number of carbonyl (C=O) groups excluding carboxylic acids is 2. The first-order valence-electron chi connectivity index (χ1n) is 8.25. The summed E-state index contributed by atoms with van der Waals surface area (Å²) in [6.45, 7) is 4.10. The summed E-state index contributed by atoms with van der Waals surface area (Å²) in [5, 5.41) is 5.72. The highest BCUT2D eigenvalue weighted by Crippen LogP contribution is 2.12. The number of halogens is 1. The zero-order valence-electron chi connectivity index (χ0n) is 15.3. The fourth-order valence-electron chi connectivity index (χ4n) is 2.49. The van der Waals surface area contributed by atoms with Crippen molar-refractivity contribution in [2.24, 2.45) is 4.99 Å².